The van der Waals surface area contributed by atoms with E-state index in [1.165, 1.54) is 30.4 Å². The summed E-state index contributed by atoms with van der Waals surface area (Å²) < 4.78 is 52.3. The number of amides is 1. The van der Waals surface area contributed by atoms with E-state index in [2.05, 4.69) is 21.2 Å². The summed E-state index contributed by atoms with van der Waals surface area (Å²) in [6.45, 7) is 7.49. The highest BCUT2D eigenvalue weighted by Gasteiger charge is 2.49. The fourth-order valence-electron chi connectivity index (χ4n) is 5.57. The summed E-state index contributed by atoms with van der Waals surface area (Å²) in [6.07, 6.45) is -1.33. The number of rotatable bonds is 9. The van der Waals surface area contributed by atoms with Crippen LogP contribution in [0, 0.1) is 18.7 Å². The van der Waals surface area contributed by atoms with E-state index in [4.69, 9.17) is 14.6 Å². The van der Waals surface area contributed by atoms with Crippen LogP contribution in [0.3, 0.4) is 0 Å². The predicted octanol–water partition coefficient (Wildman–Crippen LogP) is 3.56. The zero-order valence-corrected chi connectivity index (χ0v) is 25.5. The van der Waals surface area contributed by atoms with Crippen molar-refractivity contribution in [2.75, 3.05) is 32.8 Å². The molecule has 14 heteroatoms. The highest BCUT2D eigenvalue weighted by Crippen LogP contribution is 2.39. The van der Waals surface area contributed by atoms with Gasteiger partial charge in [0.1, 0.15) is 11.8 Å². The van der Waals surface area contributed by atoms with Crippen molar-refractivity contribution < 1.29 is 51.4 Å². The number of nitrogens with one attached hydrogen (secondary N) is 1. The maximum atomic E-state index is 14.0. The van der Waals surface area contributed by atoms with Crippen LogP contribution in [0.5, 0.6) is 0 Å². The number of halogens is 5. The molecular formula is C28H33BrF4N2O6S. The third kappa shape index (κ3) is 8.29. The molecule has 5 rings (SSSR count). The number of fused-ring (bicyclic) bond motifs is 3. The molecule has 2 N–H and O–H groups in total. The van der Waals surface area contributed by atoms with E-state index in [0.29, 0.717) is 28.5 Å². The van der Waals surface area contributed by atoms with Gasteiger partial charge in [-0.05, 0) is 77.0 Å². The molecule has 232 valence electrons. The first kappa shape index (κ1) is 33.9. The van der Waals surface area contributed by atoms with E-state index in [1.54, 1.807) is 25.1 Å². The first-order valence-electron chi connectivity index (χ1n) is 13.4. The summed E-state index contributed by atoms with van der Waals surface area (Å²) >= 11 is 4.73. The number of carbonyl (C=O) groups is 3. The summed E-state index contributed by atoms with van der Waals surface area (Å²) in [5.41, 5.74) is -1.17. The fraction of sp³-hybridized carbons (Fsp3) is 0.536. The van der Waals surface area contributed by atoms with Crippen molar-refractivity contribution in [3.8, 4) is 0 Å². The minimum absolute atomic E-state index is 0.0325. The second-order valence-corrected chi connectivity index (χ2v) is 13.2. The molecule has 42 heavy (non-hydrogen) atoms. The van der Waals surface area contributed by atoms with Crippen LogP contribution in [-0.2, 0) is 24.7 Å². The molecule has 0 spiro atoms. The van der Waals surface area contributed by atoms with Crippen LogP contribution in [0.4, 0.5) is 17.6 Å². The number of nitrogens with zero attached hydrogens (tertiary/aromatic N) is 1. The molecule has 3 aliphatic rings. The number of unbranched alkanes of at least 4 members (excludes halogenated alkanes) is 1. The lowest BCUT2D eigenvalue weighted by Gasteiger charge is -2.53. The Morgan fingerprint density at radius 1 is 1.17 bits per heavy atom. The average Bonchev–Trinajstić information content (AvgIpc) is 3.36. The van der Waals surface area contributed by atoms with Crippen LogP contribution >= 0.6 is 27.3 Å². The van der Waals surface area contributed by atoms with Gasteiger partial charge in [-0.25, -0.2) is 4.39 Å². The lowest BCUT2D eigenvalue weighted by atomic mass is 9.80. The Kier molecular flexibility index (Phi) is 11.2. The van der Waals surface area contributed by atoms with E-state index < -0.39 is 23.7 Å². The number of aryl methyl sites for hydroxylation is 1. The number of aliphatic carboxylic acids is 1. The number of esters is 1. The van der Waals surface area contributed by atoms with Crippen molar-refractivity contribution >= 4 is 45.1 Å². The maximum Gasteiger partial charge on any atom is 0.430 e. The topological polar surface area (TPSA) is 116 Å². The monoisotopic (exact) mass is 680 g/mol. The Morgan fingerprint density at radius 2 is 1.81 bits per heavy atom. The molecular weight excluding hydrogens is 648 g/mol. The van der Waals surface area contributed by atoms with E-state index in [-0.39, 0.29) is 17.8 Å². The number of ether oxygens (including phenoxy) is 1. The quantitative estimate of drug-likeness (QED) is 0.181. The number of hydrogen-bond donors (Lipinski definition) is 2. The van der Waals surface area contributed by atoms with Gasteiger partial charge in [0.2, 0.25) is 5.60 Å². The van der Waals surface area contributed by atoms with E-state index in [0.717, 1.165) is 60.1 Å². The molecule has 1 amide bonds. The van der Waals surface area contributed by atoms with Gasteiger partial charge >= 0.3 is 12.1 Å². The van der Waals surface area contributed by atoms with Crippen molar-refractivity contribution in [3.05, 3.63) is 55.9 Å². The normalized spacial score (nSPS) is 22.9. The number of carboxylic acids is 1. The average molecular weight is 682 g/mol. The van der Waals surface area contributed by atoms with Crippen molar-refractivity contribution in [1.29, 1.82) is 0 Å². The van der Waals surface area contributed by atoms with Gasteiger partial charge < -0.3 is 29.5 Å². The Labute approximate surface area is 253 Å². The van der Waals surface area contributed by atoms with Crippen molar-refractivity contribution in [2.24, 2.45) is 5.92 Å². The molecule has 1 unspecified atom stereocenters. The molecule has 0 saturated carbocycles. The van der Waals surface area contributed by atoms with Crippen molar-refractivity contribution in [2.45, 2.75) is 57.3 Å². The Morgan fingerprint density at radius 3 is 2.33 bits per heavy atom. The standard InChI is InChI=1S/C26H32BrFN2O4S.C2HF3O2/c1-17-15-20(5-6-21(17)28)26(33,23-7-8-24(27)35-23)25(32)29-22-16-30(12-9-19(22)10-13-30)11-3-4-14-34-18(2)31;3-2(4,5)1(6)7/h5-8,15,19,22,33H,3-4,9-14,16H2,1-2H3;(H,6,7)/t19?,22-,26?,30?;/m0./s1. The second-order valence-electron chi connectivity index (χ2n) is 10.7. The van der Waals surface area contributed by atoms with Gasteiger partial charge in [-0.1, -0.05) is 6.07 Å². The van der Waals surface area contributed by atoms with Gasteiger partial charge in [0.25, 0.3) is 5.91 Å². The van der Waals surface area contributed by atoms with E-state index in [1.807, 2.05) is 0 Å². The van der Waals surface area contributed by atoms with Crippen molar-refractivity contribution in [1.82, 2.24) is 5.32 Å². The first-order valence-corrected chi connectivity index (χ1v) is 15.0. The second kappa shape index (κ2) is 13.8. The Balaban J connectivity index is 0.000000616. The van der Waals surface area contributed by atoms with Gasteiger partial charge in [-0.2, -0.15) is 13.2 Å². The zero-order valence-electron chi connectivity index (χ0n) is 23.1. The number of hydrogen-bond acceptors (Lipinski definition) is 7. The molecule has 0 radical (unpaired) electrons. The third-order valence-corrected chi connectivity index (χ3v) is 9.55. The molecule has 3 saturated heterocycles. The van der Waals surface area contributed by atoms with Crippen molar-refractivity contribution in [3.63, 3.8) is 0 Å². The SMILES string of the molecule is CC(=O)OCCCC[N+]12CCC(CC1)[C@@H](NC(=O)C(O)(c1ccc(F)c(C)c1)c1ccc(Br)s1)C2.O=C([O-])C(F)(F)F. The molecule has 8 nitrogen and oxygen atoms in total. The van der Waals surface area contributed by atoms with Gasteiger partial charge in [-0.15, -0.1) is 11.3 Å². The smallest absolute Gasteiger partial charge is 0.430 e. The largest absolute Gasteiger partial charge is 0.542 e. The van der Waals surface area contributed by atoms with Crippen LogP contribution in [-0.4, -0.2) is 72.4 Å². The number of alkyl halides is 3. The van der Waals surface area contributed by atoms with Gasteiger partial charge in [0, 0.05) is 19.8 Å². The predicted molar refractivity (Wildman–Crippen MR) is 147 cm³/mol. The number of thiophene rings is 1. The summed E-state index contributed by atoms with van der Waals surface area (Å²) in [6, 6.07) is 7.85. The highest BCUT2D eigenvalue weighted by atomic mass is 79.9. The van der Waals surface area contributed by atoms with Crippen LogP contribution in [0.1, 0.15) is 48.6 Å². The molecule has 3 aliphatic heterocycles. The summed E-state index contributed by atoms with van der Waals surface area (Å²) in [5.74, 6) is -3.71. The molecule has 2 aromatic rings. The van der Waals surface area contributed by atoms with Gasteiger partial charge in [0.15, 0.2) is 0 Å². The molecule has 2 bridgehead atoms. The summed E-state index contributed by atoms with van der Waals surface area (Å²) in [5, 5.41) is 23.9. The molecule has 2 atom stereocenters. The van der Waals surface area contributed by atoms with Gasteiger partial charge in [-0.3, -0.25) is 9.59 Å². The molecule has 1 aromatic carbocycles. The first-order chi connectivity index (χ1) is 19.6. The summed E-state index contributed by atoms with van der Waals surface area (Å²) in [4.78, 5) is 34.0. The molecule has 4 heterocycles. The van der Waals surface area contributed by atoms with Crippen LogP contribution in [0.25, 0.3) is 0 Å². The zero-order chi connectivity index (χ0) is 31.3. The fourth-order valence-corrected chi connectivity index (χ4v) is 7.06. The molecule has 1 aromatic heterocycles. The lowest BCUT2D eigenvalue weighted by molar-refractivity contribution is -0.944. The Hall–Kier alpha value is -2.55. The third-order valence-electron chi connectivity index (χ3n) is 7.82. The highest BCUT2D eigenvalue weighted by molar-refractivity contribution is 9.11. The maximum absolute atomic E-state index is 14.0. The number of carboxylic acid groups (broad SMARTS) is 1. The number of carbonyl (C=O) groups excluding carboxylic acids is 3. The van der Waals surface area contributed by atoms with Gasteiger partial charge in [0.05, 0.1) is 47.5 Å². The Bertz CT molecular complexity index is 1280. The molecule has 3 fully saturated rings. The van der Waals surface area contributed by atoms with Crippen LogP contribution < -0.4 is 10.4 Å². The van der Waals surface area contributed by atoms with E-state index in [9.17, 15) is 32.3 Å². The number of piperidine rings is 3. The van der Waals surface area contributed by atoms with Crippen LogP contribution in [0.15, 0.2) is 34.1 Å². The minimum Gasteiger partial charge on any atom is -0.542 e. The minimum atomic E-state index is -5.19. The number of benzene rings is 1. The lowest BCUT2D eigenvalue weighted by Crippen LogP contribution is -2.68. The number of quaternary nitrogens is 1. The van der Waals surface area contributed by atoms with Crippen LogP contribution in [0.2, 0.25) is 0 Å². The van der Waals surface area contributed by atoms with E-state index >= 15 is 0 Å². The molecule has 0 aliphatic carbocycles. The number of aliphatic hydroxyl groups is 1. The summed E-state index contributed by atoms with van der Waals surface area (Å²) in [7, 11) is 0.